The molecular weight excluding hydrogens is 460 g/mol. The first-order valence-electron chi connectivity index (χ1n) is 13.4. The third-order valence-electron chi connectivity index (χ3n) is 8.80. The zero-order chi connectivity index (χ0) is 25.9. The first kappa shape index (κ1) is 24.0. The molecule has 0 saturated heterocycles. The highest BCUT2D eigenvalue weighted by Gasteiger charge is 2.63. The molecule has 2 saturated carbocycles. The topological polar surface area (TPSA) is 52.6 Å². The zero-order valence-electron chi connectivity index (χ0n) is 21.9. The van der Waals surface area contributed by atoms with E-state index in [1.165, 1.54) is 22.3 Å². The van der Waals surface area contributed by atoms with Crippen LogP contribution in [0.5, 0.6) is 0 Å². The van der Waals surface area contributed by atoms with Crippen molar-refractivity contribution < 1.29 is 19.1 Å². The molecule has 0 radical (unpaired) electrons. The number of esters is 2. The second kappa shape index (κ2) is 8.86. The number of benzene rings is 3. The van der Waals surface area contributed by atoms with Crippen molar-refractivity contribution in [2.24, 2.45) is 17.8 Å². The first-order chi connectivity index (χ1) is 17.7. The van der Waals surface area contributed by atoms with Crippen molar-refractivity contribution in [2.75, 3.05) is 0 Å². The standard InChI is InChI=1S/C33H34O4/c1-19-15-22-16-24-25-17-26(28(24)23(22)18-27(19)33(2,3)4)30(37-32(35)21-13-9-6-10-14-21)29(25)36-31(34)20-11-7-5-8-12-20/h5-15,18,24-26,28-30H,16-17H2,1-4H3. The van der Waals surface area contributed by atoms with Crippen molar-refractivity contribution in [2.45, 2.75) is 64.1 Å². The van der Waals surface area contributed by atoms with Gasteiger partial charge in [-0.3, -0.25) is 0 Å². The largest absolute Gasteiger partial charge is 0.455 e. The molecule has 190 valence electrons. The van der Waals surface area contributed by atoms with Crippen LogP contribution in [0.2, 0.25) is 0 Å². The Morgan fingerprint density at radius 2 is 1.30 bits per heavy atom. The molecule has 6 rings (SSSR count). The highest BCUT2D eigenvalue weighted by molar-refractivity contribution is 5.90. The van der Waals surface area contributed by atoms with Gasteiger partial charge in [-0.05, 0) is 83.5 Å². The van der Waals surface area contributed by atoms with E-state index in [0.717, 1.165) is 12.8 Å². The van der Waals surface area contributed by atoms with Crippen molar-refractivity contribution in [3.05, 3.63) is 106 Å². The highest BCUT2D eigenvalue weighted by atomic mass is 16.6. The molecule has 0 aliphatic heterocycles. The fourth-order valence-electron chi connectivity index (χ4n) is 7.34. The number of hydrogen-bond donors (Lipinski definition) is 0. The number of hydrogen-bond acceptors (Lipinski definition) is 4. The monoisotopic (exact) mass is 494 g/mol. The van der Waals surface area contributed by atoms with E-state index in [4.69, 9.17) is 9.47 Å². The van der Waals surface area contributed by atoms with E-state index in [9.17, 15) is 9.59 Å². The highest BCUT2D eigenvalue weighted by Crippen LogP contribution is 2.63. The van der Waals surface area contributed by atoms with Crippen molar-refractivity contribution in [1.29, 1.82) is 0 Å². The molecule has 0 spiro atoms. The van der Waals surface area contributed by atoms with Crippen LogP contribution in [0.25, 0.3) is 0 Å². The molecule has 3 aromatic carbocycles. The van der Waals surface area contributed by atoms with Gasteiger partial charge in [0.2, 0.25) is 0 Å². The summed E-state index contributed by atoms with van der Waals surface area (Å²) >= 11 is 0. The minimum absolute atomic E-state index is 0.0573. The minimum Gasteiger partial charge on any atom is -0.455 e. The Balaban J connectivity index is 1.35. The summed E-state index contributed by atoms with van der Waals surface area (Å²) < 4.78 is 12.4. The second-order valence-electron chi connectivity index (χ2n) is 12.0. The lowest BCUT2D eigenvalue weighted by Gasteiger charge is -2.37. The van der Waals surface area contributed by atoms with Crippen LogP contribution < -0.4 is 0 Å². The molecule has 4 nitrogen and oxygen atoms in total. The molecule has 2 fully saturated rings. The lowest BCUT2D eigenvalue weighted by molar-refractivity contribution is -0.0698. The number of carbonyl (C=O) groups excluding carboxylic acids is 2. The Morgan fingerprint density at radius 3 is 1.84 bits per heavy atom. The van der Waals surface area contributed by atoms with Crippen molar-refractivity contribution in [3.8, 4) is 0 Å². The molecule has 37 heavy (non-hydrogen) atoms. The zero-order valence-corrected chi connectivity index (χ0v) is 21.9. The van der Waals surface area contributed by atoms with Crippen LogP contribution in [0.3, 0.4) is 0 Å². The maximum absolute atomic E-state index is 13.2. The molecule has 6 unspecified atom stereocenters. The van der Waals surface area contributed by atoms with Crippen LogP contribution in [-0.2, 0) is 21.3 Å². The maximum Gasteiger partial charge on any atom is 0.338 e. The quantitative estimate of drug-likeness (QED) is 0.381. The van der Waals surface area contributed by atoms with E-state index in [-0.39, 0.29) is 29.2 Å². The SMILES string of the molecule is Cc1cc2c(cc1C(C)(C)C)C1C(C2)C2CC1C(OC(=O)c1ccccc1)C2OC(=O)c1ccccc1. The average molecular weight is 495 g/mol. The molecule has 0 aromatic heterocycles. The fourth-order valence-corrected chi connectivity index (χ4v) is 7.34. The summed E-state index contributed by atoms with van der Waals surface area (Å²) in [6, 6.07) is 23.0. The molecule has 6 atom stereocenters. The molecule has 3 aromatic rings. The molecular formula is C33H34O4. The average Bonchev–Trinajstić information content (AvgIpc) is 3.53. The van der Waals surface area contributed by atoms with E-state index in [2.05, 4.69) is 39.8 Å². The number of aryl methyl sites for hydroxylation is 1. The first-order valence-corrected chi connectivity index (χ1v) is 13.4. The van der Waals surface area contributed by atoms with Gasteiger partial charge < -0.3 is 9.47 Å². The lowest BCUT2D eigenvalue weighted by Crippen LogP contribution is -2.45. The second-order valence-corrected chi connectivity index (χ2v) is 12.0. The smallest absolute Gasteiger partial charge is 0.338 e. The van der Waals surface area contributed by atoms with E-state index in [1.807, 2.05) is 36.4 Å². The predicted molar refractivity (Wildman–Crippen MR) is 143 cm³/mol. The summed E-state index contributed by atoms with van der Waals surface area (Å²) in [6.45, 7) is 8.99. The number of fused-ring (bicyclic) bond motifs is 7. The normalized spacial score (nSPS) is 27.5. The summed E-state index contributed by atoms with van der Waals surface area (Å²) in [6.07, 6.45) is 0.999. The lowest BCUT2D eigenvalue weighted by atomic mass is 9.75. The van der Waals surface area contributed by atoms with E-state index in [0.29, 0.717) is 23.0 Å². The van der Waals surface area contributed by atoms with Crippen LogP contribution in [0.4, 0.5) is 0 Å². The van der Waals surface area contributed by atoms with Crippen LogP contribution in [0, 0.1) is 24.7 Å². The van der Waals surface area contributed by atoms with E-state index < -0.39 is 12.2 Å². The van der Waals surface area contributed by atoms with Gasteiger partial charge in [-0.25, -0.2) is 9.59 Å². The Labute approximate surface area is 219 Å². The van der Waals surface area contributed by atoms with E-state index in [1.54, 1.807) is 24.3 Å². The van der Waals surface area contributed by atoms with E-state index >= 15 is 0 Å². The molecule has 0 N–H and O–H groups in total. The number of rotatable bonds is 4. The third-order valence-corrected chi connectivity index (χ3v) is 8.80. The number of ether oxygens (including phenoxy) is 2. The van der Waals surface area contributed by atoms with Crippen LogP contribution in [0.15, 0.2) is 72.8 Å². The molecule has 3 aliphatic carbocycles. The molecule has 2 bridgehead atoms. The Kier molecular flexibility index (Phi) is 5.74. The molecule has 3 aliphatic rings. The van der Waals surface area contributed by atoms with Crippen LogP contribution in [-0.4, -0.2) is 24.1 Å². The van der Waals surface area contributed by atoms with Crippen molar-refractivity contribution in [3.63, 3.8) is 0 Å². The van der Waals surface area contributed by atoms with Gasteiger partial charge in [-0.1, -0.05) is 69.3 Å². The Hall–Kier alpha value is -3.40. The van der Waals surface area contributed by atoms with Crippen LogP contribution in [0.1, 0.15) is 76.1 Å². The van der Waals surface area contributed by atoms with Gasteiger partial charge in [0, 0.05) is 11.8 Å². The maximum atomic E-state index is 13.2. The Morgan fingerprint density at radius 1 is 0.757 bits per heavy atom. The van der Waals surface area contributed by atoms with Gasteiger partial charge in [-0.15, -0.1) is 0 Å². The fraction of sp³-hybridized carbons (Fsp3) is 0.394. The molecule has 0 heterocycles. The Bertz CT molecular complexity index is 1340. The van der Waals surface area contributed by atoms with Gasteiger partial charge in [0.05, 0.1) is 11.1 Å². The van der Waals surface area contributed by atoms with Gasteiger partial charge >= 0.3 is 11.9 Å². The summed E-state index contributed by atoms with van der Waals surface area (Å²) in [7, 11) is 0. The third kappa shape index (κ3) is 4.07. The summed E-state index contributed by atoms with van der Waals surface area (Å²) in [5.74, 6) is 0.316. The van der Waals surface area contributed by atoms with Gasteiger partial charge in [0.25, 0.3) is 0 Å². The van der Waals surface area contributed by atoms with Crippen LogP contribution >= 0.6 is 0 Å². The minimum atomic E-state index is -0.461. The number of carbonyl (C=O) groups is 2. The van der Waals surface area contributed by atoms with Gasteiger partial charge in [-0.2, -0.15) is 0 Å². The van der Waals surface area contributed by atoms with Gasteiger partial charge in [0.1, 0.15) is 12.2 Å². The summed E-state index contributed by atoms with van der Waals surface area (Å²) in [5, 5.41) is 0. The predicted octanol–water partition coefficient (Wildman–Crippen LogP) is 6.65. The van der Waals surface area contributed by atoms with Crippen molar-refractivity contribution >= 4 is 11.9 Å². The summed E-state index contributed by atoms with van der Waals surface area (Å²) in [5.41, 5.74) is 6.61. The summed E-state index contributed by atoms with van der Waals surface area (Å²) in [4.78, 5) is 26.3. The molecule has 0 amide bonds. The van der Waals surface area contributed by atoms with Gasteiger partial charge in [0.15, 0.2) is 0 Å². The van der Waals surface area contributed by atoms with Crippen molar-refractivity contribution in [1.82, 2.24) is 0 Å². The molecule has 4 heteroatoms.